The highest BCUT2D eigenvalue weighted by molar-refractivity contribution is 7.70. The number of fused-ring (bicyclic) bond motifs is 2. The van der Waals surface area contributed by atoms with Crippen molar-refractivity contribution in [1.82, 2.24) is 38.5 Å². The summed E-state index contributed by atoms with van der Waals surface area (Å²) in [6.07, 6.45) is 5.71. The molecule has 17 heteroatoms. The number of aromatic nitrogens is 7. The Kier molecular flexibility index (Phi) is 9.57. The number of ether oxygens (including phenoxy) is 1. The van der Waals surface area contributed by atoms with Crippen LogP contribution in [-0.2, 0) is 21.3 Å². The van der Waals surface area contributed by atoms with Gasteiger partial charge in [0.25, 0.3) is 5.91 Å². The molecule has 3 aromatic carbocycles. The summed E-state index contributed by atoms with van der Waals surface area (Å²) in [7, 11) is -2.79. The Morgan fingerprint density at radius 3 is 2.32 bits per heavy atom. The molecule has 1 aliphatic carbocycles. The molecule has 3 aliphatic rings. The van der Waals surface area contributed by atoms with Crippen molar-refractivity contribution in [2.24, 2.45) is 5.92 Å². The van der Waals surface area contributed by atoms with Crippen LogP contribution in [0.25, 0.3) is 28.1 Å². The lowest BCUT2D eigenvalue weighted by atomic mass is 9.91. The fourth-order valence-electron chi connectivity index (χ4n) is 9.96. The summed E-state index contributed by atoms with van der Waals surface area (Å²) in [5.74, 6) is -1.05. The highest BCUT2D eigenvalue weighted by atomic mass is 31.2. The fourth-order valence-corrected chi connectivity index (χ4v) is 10.8. The highest BCUT2D eigenvalue weighted by Gasteiger charge is 2.59. The van der Waals surface area contributed by atoms with E-state index in [2.05, 4.69) is 29.2 Å². The predicted molar refractivity (Wildman–Crippen MR) is 233 cm³/mol. The molecule has 1 saturated carbocycles. The molecule has 1 N–H and O–H groups in total. The van der Waals surface area contributed by atoms with Gasteiger partial charge in [0.15, 0.2) is 5.82 Å². The van der Waals surface area contributed by atoms with E-state index in [4.69, 9.17) is 14.4 Å². The second-order valence-corrected chi connectivity index (χ2v) is 21.0. The molecule has 6 heterocycles. The first-order valence-corrected chi connectivity index (χ1v) is 23.8. The number of rotatable bonds is 8. The van der Waals surface area contributed by atoms with Crippen LogP contribution in [0.2, 0.25) is 0 Å². The number of benzene rings is 3. The Bertz CT molecular complexity index is 3160. The molecule has 0 spiro atoms. The number of imidazole rings is 1. The summed E-state index contributed by atoms with van der Waals surface area (Å²) >= 11 is 0. The molecule has 7 aromatic rings. The van der Waals surface area contributed by atoms with Crippen molar-refractivity contribution < 1.29 is 27.4 Å². The van der Waals surface area contributed by atoms with Gasteiger partial charge in [-0.2, -0.15) is 5.10 Å². The number of carbonyl (C=O) groups is 1. The molecule has 2 fully saturated rings. The number of hydrogen-bond donors (Lipinski definition) is 1. The molecule has 3 atom stereocenters. The number of hydrogen-bond acceptors (Lipinski definition) is 8. The summed E-state index contributed by atoms with van der Waals surface area (Å²) < 4.78 is 60.4. The topological polar surface area (TPSA) is 155 Å². The smallest absolute Gasteiger partial charge is 0.381 e. The molecule has 10 rings (SSSR count). The standard InChI is InChI=1S/C46H47F2N8O6P/c1-25-19-32(20-26(2)40(25)48)56-41(54-16-15-53(45(54)59)37-10-8-33(23-34(37)47)63(5,6)60)39-28(4)52(14-11-35(39)50-56)42(57)38-22-31-21-30(29-12-17-61-18-13-29)7-9-36(31)55(38)46(24-27(46)3)43-49-44(58)62-51-43/h7-10,15-16,19-23,27-29H,11-14,17-18,24H2,1-6H3,(H,49,51,58). The SMILES string of the molecule is Cc1cc(-n2nc3c(c2-n2ccn(-c4ccc(P(C)(C)=O)cc4F)c2=O)C(C)N(C(=O)c2cc4cc(C5CCOCC5)ccc4n2C2(c4noc(=O)[nH]4)CC2C)CC3)cc(C)c1F. The highest BCUT2D eigenvalue weighted by Crippen LogP contribution is 2.56. The zero-order chi connectivity index (χ0) is 44.3. The minimum Gasteiger partial charge on any atom is -0.381 e. The number of aryl methyl sites for hydroxylation is 2. The number of nitrogens with one attached hydrogen (secondary N) is 1. The Morgan fingerprint density at radius 1 is 0.952 bits per heavy atom. The third kappa shape index (κ3) is 6.51. The number of H-pyrrole nitrogens is 1. The fraction of sp³-hybridized carbons (Fsp3) is 0.370. The molecule has 0 bridgehead atoms. The lowest BCUT2D eigenvalue weighted by molar-refractivity contribution is 0.0663. The Labute approximate surface area is 360 Å². The van der Waals surface area contributed by atoms with Crippen LogP contribution in [0.3, 0.4) is 0 Å². The third-order valence-electron chi connectivity index (χ3n) is 13.5. The third-order valence-corrected chi connectivity index (χ3v) is 15.0. The van der Waals surface area contributed by atoms with Crippen LogP contribution in [0, 0.1) is 31.4 Å². The van der Waals surface area contributed by atoms with Gasteiger partial charge in [0, 0.05) is 60.3 Å². The first-order chi connectivity index (χ1) is 30.1. The zero-order valence-electron chi connectivity index (χ0n) is 35.8. The van der Waals surface area contributed by atoms with Gasteiger partial charge in [-0.25, -0.2) is 23.1 Å². The summed E-state index contributed by atoms with van der Waals surface area (Å²) in [4.78, 5) is 46.9. The molecule has 1 saturated heterocycles. The molecule has 63 heavy (non-hydrogen) atoms. The van der Waals surface area contributed by atoms with E-state index in [1.807, 2.05) is 23.6 Å². The van der Waals surface area contributed by atoms with Crippen molar-refractivity contribution in [3.63, 3.8) is 0 Å². The van der Waals surface area contributed by atoms with Gasteiger partial charge in [-0.05, 0) is 130 Å². The quantitative estimate of drug-likeness (QED) is 0.160. The van der Waals surface area contributed by atoms with Gasteiger partial charge in [-0.3, -0.25) is 23.4 Å². The molecule has 0 radical (unpaired) electrons. The Balaban J connectivity index is 1.12. The van der Waals surface area contributed by atoms with Crippen molar-refractivity contribution in [2.75, 3.05) is 33.1 Å². The Morgan fingerprint density at radius 2 is 1.67 bits per heavy atom. The lowest BCUT2D eigenvalue weighted by Gasteiger charge is -2.34. The maximum Gasteiger partial charge on any atom is 0.438 e. The predicted octanol–water partition coefficient (Wildman–Crippen LogP) is 7.02. The van der Waals surface area contributed by atoms with Crippen LogP contribution in [0.1, 0.15) is 89.3 Å². The number of nitrogens with zero attached hydrogens (tertiary/aromatic N) is 7. The first-order valence-electron chi connectivity index (χ1n) is 21.2. The maximum atomic E-state index is 15.7. The normalized spacial score (nSPS) is 20.4. The number of aromatic amines is 1. The molecule has 1 amide bonds. The zero-order valence-corrected chi connectivity index (χ0v) is 36.7. The van der Waals surface area contributed by atoms with Crippen LogP contribution < -0.4 is 16.8 Å². The van der Waals surface area contributed by atoms with Crippen LogP contribution in [0.4, 0.5) is 8.78 Å². The van der Waals surface area contributed by atoms with Crippen molar-refractivity contribution in [3.05, 3.63) is 139 Å². The van der Waals surface area contributed by atoms with E-state index in [1.165, 1.54) is 33.7 Å². The van der Waals surface area contributed by atoms with Gasteiger partial charge >= 0.3 is 11.4 Å². The summed E-state index contributed by atoms with van der Waals surface area (Å²) in [6, 6.07) is 15.1. The van der Waals surface area contributed by atoms with Crippen LogP contribution >= 0.6 is 7.14 Å². The van der Waals surface area contributed by atoms with E-state index in [0.717, 1.165) is 29.3 Å². The second kappa shape index (κ2) is 14.7. The second-order valence-electron chi connectivity index (χ2n) is 17.8. The van der Waals surface area contributed by atoms with Crippen LogP contribution in [0.15, 0.2) is 81.1 Å². The molecular formula is C46H47F2N8O6P. The van der Waals surface area contributed by atoms with E-state index >= 15 is 13.6 Å². The van der Waals surface area contributed by atoms with Crippen LogP contribution in [-0.4, -0.2) is 77.5 Å². The van der Waals surface area contributed by atoms with Crippen molar-refractivity contribution >= 4 is 29.3 Å². The van der Waals surface area contributed by atoms with Gasteiger partial charge in [0.05, 0.1) is 23.1 Å². The summed E-state index contributed by atoms with van der Waals surface area (Å²) in [5, 5.41) is 10.4. The molecule has 4 aromatic heterocycles. The first kappa shape index (κ1) is 40.9. The number of amides is 1. The largest absolute Gasteiger partial charge is 0.438 e. The van der Waals surface area contributed by atoms with E-state index in [-0.39, 0.29) is 29.9 Å². The van der Waals surface area contributed by atoms with Gasteiger partial charge in [0.2, 0.25) is 0 Å². The summed E-state index contributed by atoms with van der Waals surface area (Å²) in [6.45, 7) is 12.0. The number of carbonyl (C=O) groups excluding carboxylic acids is 1. The van der Waals surface area contributed by atoms with E-state index in [0.29, 0.717) is 82.7 Å². The minimum absolute atomic E-state index is 0.00109. The van der Waals surface area contributed by atoms with Crippen molar-refractivity contribution in [2.45, 2.75) is 70.9 Å². The average Bonchev–Trinajstić information content (AvgIpc) is 3.74. The molecule has 326 valence electrons. The van der Waals surface area contributed by atoms with Gasteiger partial charge in [-0.1, -0.05) is 18.1 Å². The molecule has 14 nitrogen and oxygen atoms in total. The molecular weight excluding hydrogens is 830 g/mol. The molecule has 3 unspecified atom stereocenters. The van der Waals surface area contributed by atoms with Gasteiger partial charge in [0.1, 0.15) is 35.8 Å². The van der Waals surface area contributed by atoms with E-state index < -0.39 is 36.0 Å². The summed E-state index contributed by atoms with van der Waals surface area (Å²) in [5.41, 5.74) is 3.41. The van der Waals surface area contributed by atoms with E-state index in [1.54, 1.807) is 55.0 Å². The lowest BCUT2D eigenvalue weighted by Crippen LogP contribution is -2.41. The Hall–Kier alpha value is -6.12. The molecule has 2 aliphatic heterocycles. The van der Waals surface area contributed by atoms with Gasteiger partial charge < -0.3 is 18.8 Å². The maximum absolute atomic E-state index is 15.7. The van der Waals surface area contributed by atoms with Crippen molar-refractivity contribution in [3.8, 4) is 17.2 Å². The average molecular weight is 877 g/mol. The minimum atomic E-state index is -2.79. The monoisotopic (exact) mass is 876 g/mol. The van der Waals surface area contributed by atoms with Crippen LogP contribution in [0.5, 0.6) is 0 Å². The number of halogens is 2. The van der Waals surface area contributed by atoms with E-state index in [9.17, 15) is 14.2 Å². The van der Waals surface area contributed by atoms with Gasteiger partial charge in [-0.15, -0.1) is 0 Å². The van der Waals surface area contributed by atoms with Crippen molar-refractivity contribution in [1.29, 1.82) is 0 Å².